The van der Waals surface area contributed by atoms with Crippen molar-refractivity contribution in [3.63, 3.8) is 0 Å². The van der Waals surface area contributed by atoms with Crippen LogP contribution >= 0.6 is 0 Å². The summed E-state index contributed by atoms with van der Waals surface area (Å²) in [6.07, 6.45) is 0. The van der Waals surface area contributed by atoms with Crippen LogP contribution in [0.15, 0.2) is 51.7 Å². The summed E-state index contributed by atoms with van der Waals surface area (Å²) < 4.78 is 19.2. The third-order valence-electron chi connectivity index (χ3n) is 6.28. The van der Waals surface area contributed by atoms with Crippen LogP contribution in [0, 0.1) is 0 Å². The molecule has 0 N–H and O–H groups in total. The lowest BCUT2D eigenvalue weighted by Gasteiger charge is -2.32. The summed E-state index contributed by atoms with van der Waals surface area (Å²) in [6.45, 7) is 7.99. The highest BCUT2D eigenvalue weighted by atomic mass is 16.7. The largest absolute Gasteiger partial charge is 0.494 e. The van der Waals surface area contributed by atoms with Crippen LogP contribution in [0.2, 0.25) is 0 Å². The Morgan fingerprint density at radius 2 is 1.65 bits per heavy atom. The molecule has 0 saturated carbocycles. The van der Waals surface area contributed by atoms with Gasteiger partial charge < -0.3 is 18.4 Å². The Morgan fingerprint density at radius 1 is 0.935 bits per heavy atom. The van der Waals surface area contributed by atoms with Crippen molar-refractivity contribution in [2.24, 2.45) is 0 Å². The Kier molecular flexibility index (Phi) is 4.30. The Labute approximate surface area is 182 Å². The van der Waals surface area contributed by atoms with E-state index in [0.717, 1.165) is 10.2 Å². The van der Waals surface area contributed by atoms with Crippen molar-refractivity contribution < 1.29 is 13.7 Å². The van der Waals surface area contributed by atoms with Gasteiger partial charge in [-0.3, -0.25) is 4.79 Å². The van der Waals surface area contributed by atoms with Gasteiger partial charge in [-0.2, -0.15) is 0 Å². The smallest absolute Gasteiger partial charge is 0.478 e. The first-order chi connectivity index (χ1) is 14.6. The number of benzene rings is 3. The Hall–Kier alpha value is -2.77. The van der Waals surface area contributed by atoms with E-state index in [-0.39, 0.29) is 5.43 Å². The maximum atomic E-state index is 12.9. The monoisotopic (exact) mass is 408 g/mol. The molecular weight excluding hydrogens is 389 g/mol. The summed E-state index contributed by atoms with van der Waals surface area (Å²) in [7, 11) is 10.6. The Morgan fingerprint density at radius 3 is 2.32 bits per heavy atom. The van der Waals surface area contributed by atoms with Gasteiger partial charge >= 0.3 is 7.12 Å². The fourth-order valence-electron chi connectivity index (χ4n) is 3.77. The molecule has 0 amide bonds. The van der Waals surface area contributed by atoms with Gasteiger partial charge in [0.15, 0.2) is 16.8 Å². The van der Waals surface area contributed by atoms with E-state index < -0.39 is 18.3 Å². The number of fused-ring (bicyclic) bond motifs is 4. The number of hydrogen-bond acceptors (Lipinski definition) is 6. The fraction of sp³-hybridized carbons (Fsp3) is 0.273. The van der Waals surface area contributed by atoms with Crippen LogP contribution in [0.3, 0.4) is 0 Å². The quantitative estimate of drug-likeness (QED) is 0.289. The summed E-state index contributed by atoms with van der Waals surface area (Å²) in [5.74, 6) is 0.395. The molecule has 1 fully saturated rings. The highest BCUT2D eigenvalue weighted by molar-refractivity contribution is 6.62. The lowest BCUT2D eigenvalue weighted by atomic mass is 9.78. The first-order valence-corrected chi connectivity index (χ1v) is 10.0. The topological polar surface area (TPSA) is 64.8 Å². The van der Waals surface area contributed by atoms with Crippen LogP contribution in [0.1, 0.15) is 27.7 Å². The summed E-state index contributed by atoms with van der Waals surface area (Å²) in [5, 5.41) is 1.24. The molecule has 4 radical (unpaired) electrons. The minimum atomic E-state index is -0.548. The summed E-state index contributed by atoms with van der Waals surface area (Å²) >= 11 is 0. The van der Waals surface area contributed by atoms with Crippen LogP contribution in [-0.2, 0) is 9.31 Å². The van der Waals surface area contributed by atoms with E-state index in [1.54, 1.807) is 18.2 Å². The molecule has 5 rings (SSSR count). The maximum absolute atomic E-state index is 12.9. The second-order valence-electron chi connectivity index (χ2n) is 8.89. The molecule has 0 atom stereocenters. The normalized spacial score (nSPS) is 17.6. The molecule has 0 unspecified atom stereocenters. The summed E-state index contributed by atoms with van der Waals surface area (Å²) in [6, 6.07) is 12.2. The van der Waals surface area contributed by atoms with E-state index in [9.17, 15) is 4.79 Å². The number of anilines is 1. The SMILES string of the molecule is [B]N([B])c1ccc2nc3c4ccc(B5OC(C)(C)C(C)(C)O5)cc4c(=O)cc-3oc2c1. The molecule has 6 nitrogen and oxygen atoms in total. The van der Waals surface area contributed by atoms with Gasteiger partial charge in [0.1, 0.15) is 11.2 Å². The number of aromatic nitrogens is 1. The average Bonchev–Trinajstić information content (AvgIpc) is 2.93. The predicted octanol–water partition coefficient (Wildman–Crippen LogP) is 2.72. The van der Waals surface area contributed by atoms with Crippen molar-refractivity contribution in [2.45, 2.75) is 38.9 Å². The van der Waals surface area contributed by atoms with Crippen LogP contribution in [-0.4, -0.2) is 39.3 Å². The molecule has 2 aromatic rings. The molecule has 1 aliphatic carbocycles. The lowest BCUT2D eigenvalue weighted by Crippen LogP contribution is -2.41. The molecule has 0 bridgehead atoms. The van der Waals surface area contributed by atoms with Gasteiger partial charge in [-0.1, -0.05) is 18.2 Å². The van der Waals surface area contributed by atoms with E-state index in [2.05, 4.69) is 0 Å². The second-order valence-corrected chi connectivity index (χ2v) is 8.89. The number of hydrogen-bond donors (Lipinski definition) is 0. The first-order valence-electron chi connectivity index (χ1n) is 10.0. The molecular formula is C22H19B3N2O4. The van der Waals surface area contributed by atoms with Crippen molar-refractivity contribution in [3.8, 4) is 11.5 Å². The van der Waals surface area contributed by atoms with Gasteiger partial charge in [0.05, 0.1) is 11.2 Å². The van der Waals surface area contributed by atoms with E-state index in [1.807, 2.05) is 45.9 Å². The van der Waals surface area contributed by atoms with Gasteiger partial charge in [-0.25, -0.2) is 4.98 Å². The standard InChI is InChI=1S/C22H19B3N2O4/c1-21(2)22(3,4)31-25(30-21)12-5-7-14-15(9-12)17(28)11-19-20(14)26-16-8-6-13(27(23)24)10-18(16)29-19/h5-11H,1-4H3. The summed E-state index contributed by atoms with van der Waals surface area (Å²) in [5.41, 5.74) is 1.98. The highest BCUT2D eigenvalue weighted by Gasteiger charge is 2.51. The fourth-order valence-corrected chi connectivity index (χ4v) is 3.77. The van der Waals surface area contributed by atoms with Crippen LogP contribution < -0.4 is 15.6 Å². The maximum Gasteiger partial charge on any atom is 0.494 e. The molecule has 150 valence electrons. The van der Waals surface area contributed by atoms with Crippen LogP contribution in [0.5, 0.6) is 0 Å². The van der Waals surface area contributed by atoms with Crippen molar-refractivity contribution in [1.82, 2.24) is 4.98 Å². The van der Waals surface area contributed by atoms with E-state index in [0.29, 0.717) is 39.0 Å². The minimum Gasteiger partial charge on any atom is -0.478 e. The highest BCUT2D eigenvalue weighted by Crippen LogP contribution is 2.37. The van der Waals surface area contributed by atoms with Crippen molar-refractivity contribution in [1.29, 1.82) is 0 Å². The van der Waals surface area contributed by atoms with E-state index in [1.165, 1.54) is 6.07 Å². The van der Waals surface area contributed by atoms with Crippen molar-refractivity contribution in [3.05, 3.63) is 52.7 Å². The van der Waals surface area contributed by atoms with Gasteiger partial charge in [-0.15, -0.1) is 0 Å². The minimum absolute atomic E-state index is 0.166. The zero-order valence-electron chi connectivity index (χ0n) is 17.8. The predicted molar refractivity (Wildman–Crippen MR) is 124 cm³/mol. The average molecular weight is 408 g/mol. The molecule has 2 aliphatic heterocycles. The molecule has 3 aliphatic rings. The van der Waals surface area contributed by atoms with Gasteiger partial charge in [0, 0.05) is 28.6 Å². The zero-order valence-corrected chi connectivity index (χ0v) is 17.8. The Balaban J connectivity index is 1.66. The van der Waals surface area contributed by atoms with Gasteiger partial charge in [0.25, 0.3) is 0 Å². The zero-order chi connectivity index (χ0) is 22.1. The third kappa shape index (κ3) is 3.15. The van der Waals surface area contributed by atoms with Crippen LogP contribution in [0.4, 0.5) is 5.69 Å². The van der Waals surface area contributed by atoms with Crippen molar-refractivity contribution in [2.75, 3.05) is 4.72 Å². The molecule has 2 heterocycles. The van der Waals surface area contributed by atoms with Gasteiger partial charge in [-0.05, 0) is 45.3 Å². The molecule has 31 heavy (non-hydrogen) atoms. The second kappa shape index (κ2) is 6.61. The molecule has 2 aromatic carbocycles. The van der Waals surface area contributed by atoms with Crippen LogP contribution in [0.25, 0.3) is 33.3 Å². The first kappa shape index (κ1) is 20.2. The molecule has 1 saturated heterocycles. The number of nitrogens with zero attached hydrogens (tertiary/aromatic N) is 2. The molecule has 9 heteroatoms. The third-order valence-corrected chi connectivity index (χ3v) is 6.28. The Bertz CT molecular complexity index is 1350. The molecule has 0 spiro atoms. The van der Waals surface area contributed by atoms with E-state index >= 15 is 0 Å². The number of rotatable bonds is 2. The molecule has 0 aromatic heterocycles. The van der Waals surface area contributed by atoms with Gasteiger partial charge in [0.2, 0.25) is 16.0 Å². The van der Waals surface area contributed by atoms with Crippen molar-refractivity contribution >= 4 is 56.1 Å². The van der Waals surface area contributed by atoms with E-state index in [4.69, 9.17) is 34.7 Å². The lowest BCUT2D eigenvalue weighted by molar-refractivity contribution is 0.00578. The summed E-state index contributed by atoms with van der Waals surface area (Å²) in [4.78, 5) is 17.6.